The molecule has 1 aliphatic heterocycles. The van der Waals surface area contributed by atoms with E-state index >= 15 is 0 Å². The van der Waals surface area contributed by atoms with Gasteiger partial charge in [-0.25, -0.2) is 0 Å². The summed E-state index contributed by atoms with van der Waals surface area (Å²) < 4.78 is 5.15. The first-order valence-electron chi connectivity index (χ1n) is 4.54. The van der Waals surface area contributed by atoms with E-state index in [-0.39, 0.29) is 0 Å². The average molecular weight is 179 g/mol. The fraction of sp³-hybridized carbons (Fsp3) is 0.556. The molecule has 1 atom stereocenters. The van der Waals surface area contributed by atoms with E-state index in [0.29, 0.717) is 12.3 Å². The van der Waals surface area contributed by atoms with Gasteiger partial charge in [0, 0.05) is 13.0 Å². The summed E-state index contributed by atoms with van der Waals surface area (Å²) >= 11 is 0. The molecule has 1 N–H and O–H groups in total. The molecule has 1 aromatic rings. The predicted octanol–water partition coefficient (Wildman–Crippen LogP) is 0.875. The van der Waals surface area contributed by atoms with Crippen LogP contribution in [0.25, 0.3) is 0 Å². The second-order valence-corrected chi connectivity index (χ2v) is 3.23. The molecule has 0 spiro atoms. The first-order chi connectivity index (χ1) is 6.40. The Morgan fingerprint density at radius 3 is 3.31 bits per heavy atom. The van der Waals surface area contributed by atoms with Gasteiger partial charge < -0.3 is 9.84 Å². The lowest BCUT2D eigenvalue weighted by Gasteiger charge is -1.98. The summed E-state index contributed by atoms with van der Waals surface area (Å²) in [4.78, 5) is 4.29. The molecule has 1 saturated heterocycles. The topological polar surface area (TPSA) is 51.0 Å². The first-order valence-corrected chi connectivity index (χ1v) is 4.54. The Bertz CT molecular complexity index is 289. The summed E-state index contributed by atoms with van der Waals surface area (Å²) in [6, 6.07) is 0. The van der Waals surface area contributed by atoms with E-state index in [2.05, 4.69) is 22.0 Å². The zero-order chi connectivity index (χ0) is 9.10. The number of hydrogen-bond acceptors (Lipinski definition) is 4. The Labute approximate surface area is 77.0 Å². The molecule has 1 fully saturated rings. The van der Waals surface area contributed by atoms with Crippen LogP contribution in [0.15, 0.2) is 17.2 Å². The third kappa shape index (κ3) is 1.78. The Balaban J connectivity index is 2.07. The van der Waals surface area contributed by atoms with Gasteiger partial charge in [-0.2, -0.15) is 4.98 Å². The van der Waals surface area contributed by atoms with Crippen molar-refractivity contribution in [2.75, 3.05) is 13.1 Å². The van der Waals surface area contributed by atoms with Crippen LogP contribution in [0, 0.1) is 0 Å². The summed E-state index contributed by atoms with van der Waals surface area (Å²) in [5.74, 6) is 1.91. The Morgan fingerprint density at radius 1 is 1.69 bits per heavy atom. The van der Waals surface area contributed by atoms with Gasteiger partial charge in [0.2, 0.25) is 5.89 Å². The maximum absolute atomic E-state index is 5.15. The third-order valence-corrected chi connectivity index (χ3v) is 2.22. The van der Waals surface area contributed by atoms with E-state index in [1.54, 1.807) is 6.08 Å². The molecule has 0 aliphatic carbocycles. The van der Waals surface area contributed by atoms with Crippen LogP contribution in [-0.4, -0.2) is 23.2 Å². The summed E-state index contributed by atoms with van der Waals surface area (Å²) in [5.41, 5.74) is 0. The predicted molar refractivity (Wildman–Crippen MR) is 48.4 cm³/mol. The smallest absolute Gasteiger partial charge is 0.231 e. The van der Waals surface area contributed by atoms with Gasteiger partial charge in [-0.05, 0) is 13.0 Å². The zero-order valence-electron chi connectivity index (χ0n) is 7.49. The highest BCUT2D eigenvalue weighted by Gasteiger charge is 2.22. The highest BCUT2D eigenvalue weighted by Crippen LogP contribution is 2.20. The SMILES string of the molecule is C=CCc1noc(C2CCNC2)n1. The van der Waals surface area contributed by atoms with E-state index in [1.165, 1.54) is 0 Å². The molecule has 4 nitrogen and oxygen atoms in total. The van der Waals surface area contributed by atoms with Gasteiger partial charge in [0.05, 0.1) is 5.92 Å². The fourth-order valence-corrected chi connectivity index (χ4v) is 1.51. The summed E-state index contributed by atoms with van der Waals surface area (Å²) in [5, 5.41) is 7.13. The Kier molecular flexibility index (Phi) is 2.40. The van der Waals surface area contributed by atoms with Gasteiger partial charge >= 0.3 is 0 Å². The van der Waals surface area contributed by atoms with Crippen molar-refractivity contribution >= 4 is 0 Å². The lowest BCUT2D eigenvalue weighted by Crippen LogP contribution is -2.08. The van der Waals surface area contributed by atoms with Crippen molar-refractivity contribution in [3.05, 3.63) is 24.4 Å². The minimum Gasteiger partial charge on any atom is -0.339 e. The molecule has 0 radical (unpaired) electrons. The summed E-state index contributed by atoms with van der Waals surface area (Å²) in [6.07, 6.45) is 3.56. The van der Waals surface area contributed by atoms with Gasteiger partial charge in [0.1, 0.15) is 0 Å². The van der Waals surface area contributed by atoms with Crippen molar-refractivity contribution in [2.45, 2.75) is 18.8 Å². The van der Waals surface area contributed by atoms with Crippen LogP contribution >= 0.6 is 0 Å². The number of allylic oxidation sites excluding steroid dienone is 1. The zero-order valence-corrected chi connectivity index (χ0v) is 7.49. The number of rotatable bonds is 3. The average Bonchev–Trinajstić information content (AvgIpc) is 2.70. The maximum Gasteiger partial charge on any atom is 0.231 e. The van der Waals surface area contributed by atoms with Crippen LogP contribution in [0.5, 0.6) is 0 Å². The molecule has 0 aromatic carbocycles. The lowest BCUT2D eigenvalue weighted by atomic mass is 10.1. The monoisotopic (exact) mass is 179 g/mol. The van der Waals surface area contributed by atoms with E-state index in [4.69, 9.17) is 4.52 Å². The Hall–Kier alpha value is -1.16. The molecule has 0 saturated carbocycles. The molecule has 1 aromatic heterocycles. The number of nitrogens with zero attached hydrogens (tertiary/aromatic N) is 2. The number of aromatic nitrogens is 2. The van der Waals surface area contributed by atoms with Crippen LogP contribution in [0.2, 0.25) is 0 Å². The minimum absolute atomic E-state index is 0.408. The van der Waals surface area contributed by atoms with Gasteiger partial charge in [-0.15, -0.1) is 6.58 Å². The van der Waals surface area contributed by atoms with Crippen LogP contribution in [-0.2, 0) is 6.42 Å². The normalized spacial score (nSPS) is 22.0. The first kappa shape index (κ1) is 8.44. The molecule has 2 rings (SSSR count). The van der Waals surface area contributed by atoms with Crippen molar-refractivity contribution < 1.29 is 4.52 Å². The van der Waals surface area contributed by atoms with Crippen molar-refractivity contribution in [3.8, 4) is 0 Å². The molecule has 2 heterocycles. The highest BCUT2D eigenvalue weighted by molar-refractivity contribution is 4.99. The van der Waals surface area contributed by atoms with Gasteiger partial charge in [0.15, 0.2) is 5.82 Å². The van der Waals surface area contributed by atoms with E-state index < -0.39 is 0 Å². The van der Waals surface area contributed by atoms with Gasteiger partial charge in [0.25, 0.3) is 0 Å². The van der Waals surface area contributed by atoms with Crippen molar-refractivity contribution in [1.82, 2.24) is 15.5 Å². The van der Waals surface area contributed by atoms with Crippen molar-refractivity contribution in [1.29, 1.82) is 0 Å². The second kappa shape index (κ2) is 3.70. The van der Waals surface area contributed by atoms with E-state index in [0.717, 1.165) is 31.2 Å². The second-order valence-electron chi connectivity index (χ2n) is 3.23. The minimum atomic E-state index is 0.408. The molecule has 0 bridgehead atoms. The highest BCUT2D eigenvalue weighted by atomic mass is 16.5. The number of hydrogen-bond donors (Lipinski definition) is 1. The molecule has 0 amide bonds. The Morgan fingerprint density at radius 2 is 2.62 bits per heavy atom. The van der Waals surface area contributed by atoms with Crippen molar-refractivity contribution in [3.63, 3.8) is 0 Å². The maximum atomic E-state index is 5.15. The number of nitrogens with one attached hydrogen (secondary N) is 1. The van der Waals surface area contributed by atoms with Crippen LogP contribution in [0.4, 0.5) is 0 Å². The summed E-state index contributed by atoms with van der Waals surface area (Å²) in [6.45, 7) is 5.63. The standard InChI is InChI=1S/C9H13N3O/c1-2-3-8-11-9(13-12-8)7-4-5-10-6-7/h2,7,10H,1,3-6H2. The largest absolute Gasteiger partial charge is 0.339 e. The van der Waals surface area contributed by atoms with Gasteiger partial charge in [-0.3, -0.25) is 0 Å². The molecule has 1 unspecified atom stereocenters. The molecular weight excluding hydrogens is 166 g/mol. The lowest BCUT2D eigenvalue weighted by molar-refractivity contribution is 0.355. The molecule has 70 valence electrons. The van der Waals surface area contributed by atoms with Crippen molar-refractivity contribution in [2.24, 2.45) is 0 Å². The van der Waals surface area contributed by atoms with E-state index in [9.17, 15) is 0 Å². The quantitative estimate of drug-likeness (QED) is 0.700. The summed E-state index contributed by atoms with van der Waals surface area (Å²) in [7, 11) is 0. The van der Waals surface area contributed by atoms with Crippen LogP contribution in [0.3, 0.4) is 0 Å². The molecule has 1 aliphatic rings. The molecule has 4 heteroatoms. The third-order valence-electron chi connectivity index (χ3n) is 2.22. The van der Waals surface area contributed by atoms with Crippen LogP contribution in [0.1, 0.15) is 24.1 Å². The fourth-order valence-electron chi connectivity index (χ4n) is 1.51. The van der Waals surface area contributed by atoms with E-state index in [1.807, 2.05) is 0 Å². The molecular formula is C9H13N3O. The van der Waals surface area contributed by atoms with Crippen LogP contribution < -0.4 is 5.32 Å². The molecule has 13 heavy (non-hydrogen) atoms. The van der Waals surface area contributed by atoms with Gasteiger partial charge in [-0.1, -0.05) is 11.2 Å².